The van der Waals surface area contributed by atoms with Crippen molar-refractivity contribution in [1.29, 1.82) is 0 Å². The minimum atomic E-state index is -0.167. The number of hydrogen-bond acceptors (Lipinski definition) is 4. The van der Waals surface area contributed by atoms with E-state index in [1.807, 2.05) is 36.9 Å². The lowest BCUT2D eigenvalue weighted by Gasteiger charge is -2.17. The van der Waals surface area contributed by atoms with Crippen molar-refractivity contribution in [2.45, 2.75) is 26.7 Å². The molecule has 7 heteroatoms. The van der Waals surface area contributed by atoms with Crippen LogP contribution in [0.4, 0.5) is 4.79 Å². The van der Waals surface area contributed by atoms with Gasteiger partial charge in [-0.05, 0) is 30.0 Å². The van der Waals surface area contributed by atoms with E-state index in [9.17, 15) is 9.59 Å². The van der Waals surface area contributed by atoms with Gasteiger partial charge < -0.3 is 25.0 Å². The molecular formula is C20H31N3O4. The molecule has 1 aliphatic heterocycles. The molecule has 0 saturated carbocycles. The molecule has 1 aromatic carbocycles. The van der Waals surface area contributed by atoms with Crippen LogP contribution in [-0.2, 0) is 11.2 Å². The summed E-state index contributed by atoms with van der Waals surface area (Å²) in [6, 6.07) is 5.64. The standard InChI is InChI=1S/C20H31N3O4/c1-14(2)11-21-20(25)22-12-16-10-19(24)23(13-16)8-7-15-5-6-17(26-3)18(9-15)27-4/h5-6,9,14,16H,7-8,10-13H2,1-4H3,(H2,21,22,25). The molecule has 1 aliphatic rings. The molecule has 1 unspecified atom stereocenters. The number of urea groups is 1. The zero-order valence-electron chi connectivity index (χ0n) is 16.7. The fraction of sp³-hybridized carbons (Fsp3) is 0.600. The van der Waals surface area contributed by atoms with Gasteiger partial charge in [0.1, 0.15) is 0 Å². The van der Waals surface area contributed by atoms with Crippen LogP contribution in [0.3, 0.4) is 0 Å². The van der Waals surface area contributed by atoms with Gasteiger partial charge in [0.05, 0.1) is 14.2 Å². The van der Waals surface area contributed by atoms with E-state index in [4.69, 9.17) is 9.47 Å². The highest BCUT2D eigenvalue weighted by Gasteiger charge is 2.29. The molecule has 1 aromatic rings. The molecule has 0 spiro atoms. The van der Waals surface area contributed by atoms with E-state index < -0.39 is 0 Å². The SMILES string of the molecule is COc1ccc(CCN2CC(CNC(=O)NCC(C)C)CC2=O)cc1OC. The van der Waals surface area contributed by atoms with Crippen molar-refractivity contribution in [1.82, 2.24) is 15.5 Å². The second-order valence-corrected chi connectivity index (χ2v) is 7.33. The van der Waals surface area contributed by atoms with Crippen molar-refractivity contribution in [3.05, 3.63) is 23.8 Å². The molecule has 1 saturated heterocycles. The number of carbonyl (C=O) groups is 2. The van der Waals surface area contributed by atoms with Gasteiger partial charge in [-0.2, -0.15) is 0 Å². The number of hydrogen-bond donors (Lipinski definition) is 2. The summed E-state index contributed by atoms with van der Waals surface area (Å²) in [6.45, 7) is 6.59. The molecular weight excluding hydrogens is 346 g/mol. The molecule has 0 aromatic heterocycles. The first-order chi connectivity index (χ1) is 12.9. The second-order valence-electron chi connectivity index (χ2n) is 7.33. The molecule has 0 radical (unpaired) electrons. The van der Waals surface area contributed by atoms with Crippen LogP contribution in [0.1, 0.15) is 25.8 Å². The molecule has 27 heavy (non-hydrogen) atoms. The number of nitrogens with zero attached hydrogens (tertiary/aromatic N) is 1. The molecule has 150 valence electrons. The van der Waals surface area contributed by atoms with E-state index in [1.165, 1.54) is 0 Å². The Labute approximate surface area is 161 Å². The molecule has 3 amide bonds. The summed E-state index contributed by atoms with van der Waals surface area (Å²) in [5.41, 5.74) is 1.09. The van der Waals surface area contributed by atoms with Gasteiger partial charge in [0.15, 0.2) is 11.5 Å². The molecule has 1 heterocycles. The van der Waals surface area contributed by atoms with Crippen LogP contribution in [0.15, 0.2) is 18.2 Å². The molecule has 1 atom stereocenters. The summed E-state index contributed by atoms with van der Waals surface area (Å²) in [5.74, 6) is 2.10. The highest BCUT2D eigenvalue weighted by molar-refractivity contribution is 5.79. The zero-order valence-corrected chi connectivity index (χ0v) is 16.7. The number of ether oxygens (including phenoxy) is 2. The van der Waals surface area contributed by atoms with Crippen molar-refractivity contribution in [2.24, 2.45) is 11.8 Å². The van der Waals surface area contributed by atoms with Crippen LogP contribution in [0, 0.1) is 11.8 Å². The van der Waals surface area contributed by atoms with Gasteiger partial charge in [0.2, 0.25) is 5.91 Å². The average molecular weight is 377 g/mol. The summed E-state index contributed by atoms with van der Waals surface area (Å²) in [6.07, 6.45) is 1.23. The van der Waals surface area contributed by atoms with Crippen LogP contribution in [0.5, 0.6) is 11.5 Å². The lowest BCUT2D eigenvalue weighted by molar-refractivity contribution is -0.127. The molecule has 1 fully saturated rings. The molecule has 2 N–H and O–H groups in total. The highest BCUT2D eigenvalue weighted by Crippen LogP contribution is 2.28. The smallest absolute Gasteiger partial charge is 0.314 e. The normalized spacial score (nSPS) is 16.6. The molecule has 0 aliphatic carbocycles. The highest BCUT2D eigenvalue weighted by atomic mass is 16.5. The Kier molecular flexibility index (Phi) is 7.76. The van der Waals surface area contributed by atoms with Gasteiger partial charge >= 0.3 is 6.03 Å². The Hall–Kier alpha value is -2.44. The van der Waals surface area contributed by atoms with Gasteiger partial charge in [-0.3, -0.25) is 4.79 Å². The number of nitrogens with one attached hydrogen (secondary N) is 2. The van der Waals surface area contributed by atoms with E-state index in [0.29, 0.717) is 50.0 Å². The lowest BCUT2D eigenvalue weighted by Crippen LogP contribution is -2.40. The Morgan fingerprint density at radius 1 is 1.22 bits per heavy atom. The Balaban J connectivity index is 1.78. The monoisotopic (exact) mass is 377 g/mol. The summed E-state index contributed by atoms with van der Waals surface area (Å²) < 4.78 is 10.6. The van der Waals surface area contributed by atoms with Crippen LogP contribution in [-0.4, -0.2) is 57.2 Å². The number of methoxy groups -OCH3 is 2. The zero-order chi connectivity index (χ0) is 19.8. The van der Waals surface area contributed by atoms with Crippen molar-refractivity contribution in [2.75, 3.05) is 40.4 Å². The van der Waals surface area contributed by atoms with E-state index in [0.717, 1.165) is 12.0 Å². The van der Waals surface area contributed by atoms with Crippen LogP contribution < -0.4 is 20.1 Å². The van der Waals surface area contributed by atoms with Gasteiger partial charge in [0, 0.05) is 38.5 Å². The van der Waals surface area contributed by atoms with Crippen molar-refractivity contribution in [3.8, 4) is 11.5 Å². The fourth-order valence-corrected chi connectivity index (χ4v) is 3.10. The topological polar surface area (TPSA) is 79.9 Å². The maximum absolute atomic E-state index is 12.2. The fourth-order valence-electron chi connectivity index (χ4n) is 3.10. The van der Waals surface area contributed by atoms with E-state index in [2.05, 4.69) is 10.6 Å². The van der Waals surface area contributed by atoms with E-state index >= 15 is 0 Å². The number of benzene rings is 1. The maximum Gasteiger partial charge on any atom is 0.314 e. The Bertz CT molecular complexity index is 648. The third-order valence-electron chi connectivity index (χ3n) is 4.64. The molecule has 2 rings (SSSR count). The van der Waals surface area contributed by atoms with E-state index in [1.54, 1.807) is 14.2 Å². The average Bonchev–Trinajstić information content (AvgIpc) is 3.02. The summed E-state index contributed by atoms with van der Waals surface area (Å²) >= 11 is 0. The number of amides is 3. The van der Waals surface area contributed by atoms with Crippen molar-refractivity contribution in [3.63, 3.8) is 0 Å². The van der Waals surface area contributed by atoms with Crippen molar-refractivity contribution >= 4 is 11.9 Å². The molecule has 0 bridgehead atoms. The van der Waals surface area contributed by atoms with Gasteiger partial charge in [-0.25, -0.2) is 4.79 Å². The number of rotatable bonds is 9. The summed E-state index contributed by atoms with van der Waals surface area (Å²) in [4.78, 5) is 25.9. The minimum Gasteiger partial charge on any atom is -0.493 e. The third-order valence-corrected chi connectivity index (χ3v) is 4.64. The lowest BCUT2D eigenvalue weighted by atomic mass is 10.1. The van der Waals surface area contributed by atoms with Gasteiger partial charge in [-0.1, -0.05) is 19.9 Å². The summed E-state index contributed by atoms with van der Waals surface area (Å²) in [5, 5.41) is 5.69. The second kappa shape index (κ2) is 10.0. The Morgan fingerprint density at radius 3 is 2.63 bits per heavy atom. The first-order valence-corrected chi connectivity index (χ1v) is 9.43. The first kappa shape index (κ1) is 20.9. The quantitative estimate of drug-likeness (QED) is 0.690. The largest absolute Gasteiger partial charge is 0.493 e. The predicted molar refractivity (Wildman–Crippen MR) is 104 cm³/mol. The third kappa shape index (κ3) is 6.34. The van der Waals surface area contributed by atoms with Gasteiger partial charge in [-0.15, -0.1) is 0 Å². The number of carbonyl (C=O) groups excluding carboxylic acids is 2. The van der Waals surface area contributed by atoms with Gasteiger partial charge in [0.25, 0.3) is 0 Å². The summed E-state index contributed by atoms with van der Waals surface area (Å²) in [7, 11) is 3.22. The molecule has 7 nitrogen and oxygen atoms in total. The van der Waals surface area contributed by atoms with Crippen LogP contribution >= 0.6 is 0 Å². The maximum atomic E-state index is 12.2. The number of likely N-dealkylation sites (tertiary alicyclic amines) is 1. The van der Waals surface area contributed by atoms with Crippen molar-refractivity contribution < 1.29 is 19.1 Å². The van der Waals surface area contributed by atoms with E-state index in [-0.39, 0.29) is 17.9 Å². The Morgan fingerprint density at radius 2 is 1.96 bits per heavy atom. The first-order valence-electron chi connectivity index (χ1n) is 9.43. The minimum absolute atomic E-state index is 0.143. The van der Waals surface area contributed by atoms with Crippen LogP contribution in [0.25, 0.3) is 0 Å². The predicted octanol–water partition coefficient (Wildman–Crippen LogP) is 2.05. The van der Waals surface area contributed by atoms with Crippen LogP contribution in [0.2, 0.25) is 0 Å².